The predicted octanol–water partition coefficient (Wildman–Crippen LogP) is 1.08. The minimum Gasteiger partial charge on any atom is -0.369 e. The van der Waals surface area contributed by atoms with E-state index in [0.29, 0.717) is 10.8 Å². The average molecular weight is 269 g/mol. The van der Waals surface area contributed by atoms with Gasteiger partial charge < -0.3 is 9.80 Å². The van der Waals surface area contributed by atoms with Crippen molar-refractivity contribution in [1.29, 1.82) is 0 Å². The molecule has 92 valence electrons. The van der Waals surface area contributed by atoms with Crippen molar-refractivity contribution >= 4 is 35.0 Å². The fraction of sp³-hybridized carbons (Fsp3) is 0.455. The molecule has 0 spiro atoms. The van der Waals surface area contributed by atoms with E-state index < -0.39 is 0 Å². The molecule has 2 aliphatic rings. The molecule has 4 nitrogen and oxygen atoms in total. The Morgan fingerprint density at radius 3 is 2.41 bits per heavy atom. The molecule has 0 aromatic heterocycles. The highest BCUT2D eigenvalue weighted by atomic mass is 32.2. The number of nitrogens with zero attached hydrogens (tertiary/aromatic N) is 3. The van der Waals surface area contributed by atoms with E-state index in [4.69, 9.17) is 12.2 Å². The normalized spacial score (nSPS) is 25.9. The van der Waals surface area contributed by atoms with Gasteiger partial charge in [0.25, 0.3) is 5.91 Å². The Bertz CT molecular complexity index is 430. The van der Waals surface area contributed by atoms with Gasteiger partial charge in [-0.3, -0.25) is 9.69 Å². The highest BCUT2D eigenvalue weighted by Crippen LogP contribution is 2.26. The van der Waals surface area contributed by atoms with Crippen molar-refractivity contribution in [3.63, 3.8) is 0 Å². The summed E-state index contributed by atoms with van der Waals surface area (Å²) in [5, 5.41) is 1.74. The summed E-state index contributed by atoms with van der Waals surface area (Å²) in [5.41, 5.74) is 0.630. The molecule has 0 N–H and O–H groups in total. The maximum Gasteiger partial charge on any atom is 0.276 e. The van der Waals surface area contributed by atoms with Gasteiger partial charge in [-0.05, 0) is 24.4 Å². The Balaban J connectivity index is 2.23. The molecule has 0 unspecified atom stereocenters. The maximum atomic E-state index is 11.9. The summed E-state index contributed by atoms with van der Waals surface area (Å²) in [4.78, 5) is 17.3. The number of likely N-dealkylation sites (N-methyl/N-ethyl adjacent to an activating group) is 2. The second-order valence-corrected chi connectivity index (χ2v) is 5.51. The molecule has 2 fully saturated rings. The number of rotatable bonds is 1. The van der Waals surface area contributed by atoms with E-state index in [1.165, 1.54) is 9.93 Å². The number of hydrogen-bond donors (Lipinski definition) is 0. The molecule has 2 aliphatic heterocycles. The van der Waals surface area contributed by atoms with Gasteiger partial charge in [0.2, 0.25) is 0 Å². The number of allylic oxidation sites excluding steroid dienone is 2. The Labute approximate surface area is 111 Å². The number of amides is 1. The third kappa shape index (κ3) is 2.19. The van der Waals surface area contributed by atoms with Gasteiger partial charge in [-0.25, -0.2) is 0 Å². The summed E-state index contributed by atoms with van der Waals surface area (Å²) in [6, 6.07) is 0. The lowest BCUT2D eigenvalue weighted by atomic mass is 10.3. The van der Waals surface area contributed by atoms with Gasteiger partial charge in [-0.1, -0.05) is 0 Å². The summed E-state index contributed by atoms with van der Waals surface area (Å²) in [6.07, 6.45) is 3.84. The third-order valence-corrected chi connectivity index (χ3v) is 4.57. The van der Waals surface area contributed by atoms with Gasteiger partial charge in [0.1, 0.15) is 5.70 Å². The van der Waals surface area contributed by atoms with Crippen molar-refractivity contribution < 1.29 is 4.79 Å². The zero-order chi connectivity index (χ0) is 12.6. The van der Waals surface area contributed by atoms with Crippen molar-refractivity contribution in [1.82, 2.24) is 14.7 Å². The molecular formula is C11H15N3OS2. The molecule has 0 bridgehead atoms. The predicted molar refractivity (Wildman–Crippen MR) is 74.4 cm³/mol. The van der Waals surface area contributed by atoms with Crippen LogP contribution in [0.1, 0.15) is 0 Å². The van der Waals surface area contributed by atoms with Crippen molar-refractivity contribution in [2.24, 2.45) is 0 Å². The van der Waals surface area contributed by atoms with Gasteiger partial charge in [-0.15, -0.1) is 11.8 Å². The van der Waals surface area contributed by atoms with Crippen LogP contribution in [0.15, 0.2) is 22.9 Å². The van der Waals surface area contributed by atoms with E-state index in [2.05, 4.69) is 11.9 Å². The molecule has 0 aromatic rings. The van der Waals surface area contributed by atoms with E-state index in [0.717, 1.165) is 12.3 Å². The number of carbonyl (C=O) groups is 1. The van der Waals surface area contributed by atoms with Crippen LogP contribution in [0.4, 0.5) is 0 Å². The van der Waals surface area contributed by atoms with Crippen LogP contribution in [0.2, 0.25) is 0 Å². The zero-order valence-corrected chi connectivity index (χ0v) is 11.8. The lowest BCUT2D eigenvalue weighted by molar-refractivity contribution is -0.121. The molecule has 6 heteroatoms. The monoisotopic (exact) mass is 269 g/mol. The van der Waals surface area contributed by atoms with Crippen molar-refractivity contribution in [3.8, 4) is 0 Å². The molecule has 0 radical (unpaired) electrons. The van der Waals surface area contributed by atoms with Crippen molar-refractivity contribution in [3.05, 3.63) is 22.9 Å². The topological polar surface area (TPSA) is 26.8 Å². The van der Waals surface area contributed by atoms with Gasteiger partial charge in [0.15, 0.2) is 5.11 Å². The number of thiocarbonyl (C=S) groups is 1. The van der Waals surface area contributed by atoms with Crippen LogP contribution in [0.25, 0.3) is 0 Å². The van der Waals surface area contributed by atoms with E-state index >= 15 is 0 Å². The molecule has 0 atom stereocenters. The van der Waals surface area contributed by atoms with Crippen molar-refractivity contribution in [2.45, 2.75) is 0 Å². The lowest BCUT2D eigenvalue weighted by Crippen LogP contribution is -2.26. The number of hydrogen-bond acceptors (Lipinski definition) is 4. The van der Waals surface area contributed by atoms with Crippen LogP contribution in [-0.4, -0.2) is 59.2 Å². The van der Waals surface area contributed by atoms with Crippen LogP contribution in [-0.2, 0) is 4.79 Å². The number of carbonyl (C=O) groups excluding carboxylic acids is 1. The zero-order valence-electron chi connectivity index (χ0n) is 10.1. The quantitative estimate of drug-likeness (QED) is 0.524. The molecule has 2 rings (SSSR count). The van der Waals surface area contributed by atoms with Gasteiger partial charge >= 0.3 is 0 Å². The first-order valence-electron chi connectivity index (χ1n) is 5.34. The summed E-state index contributed by atoms with van der Waals surface area (Å²) in [5.74, 6) is 1.06. The second kappa shape index (κ2) is 4.70. The van der Waals surface area contributed by atoms with E-state index in [1.54, 1.807) is 23.7 Å². The average Bonchev–Trinajstić information content (AvgIpc) is 2.78. The SMILES string of the molecule is CN1C(=O)/C(=C/C=C2/SCCN2C)N(C)C1=S. The molecule has 0 aliphatic carbocycles. The summed E-state index contributed by atoms with van der Waals surface area (Å²) in [6.45, 7) is 1.06. The Morgan fingerprint density at radius 1 is 1.24 bits per heavy atom. The van der Waals surface area contributed by atoms with Gasteiger partial charge in [0.05, 0.1) is 5.03 Å². The van der Waals surface area contributed by atoms with Crippen LogP contribution >= 0.6 is 24.0 Å². The van der Waals surface area contributed by atoms with Crippen LogP contribution in [0, 0.1) is 0 Å². The molecule has 17 heavy (non-hydrogen) atoms. The first-order valence-corrected chi connectivity index (χ1v) is 6.73. The van der Waals surface area contributed by atoms with Crippen LogP contribution < -0.4 is 0 Å². The molecular weight excluding hydrogens is 254 g/mol. The van der Waals surface area contributed by atoms with Crippen molar-refractivity contribution in [2.75, 3.05) is 33.4 Å². The van der Waals surface area contributed by atoms with Gasteiger partial charge in [0, 0.05) is 33.4 Å². The first-order chi connectivity index (χ1) is 8.02. The number of thioether (sulfide) groups is 1. The highest BCUT2D eigenvalue weighted by molar-refractivity contribution is 8.03. The maximum absolute atomic E-state index is 11.9. The van der Waals surface area contributed by atoms with Crippen LogP contribution in [0.5, 0.6) is 0 Å². The molecule has 1 amide bonds. The third-order valence-electron chi connectivity index (χ3n) is 2.90. The van der Waals surface area contributed by atoms with E-state index in [-0.39, 0.29) is 5.91 Å². The summed E-state index contributed by atoms with van der Waals surface area (Å²) < 4.78 is 0. The fourth-order valence-corrected chi connectivity index (χ4v) is 2.98. The molecule has 2 heterocycles. The first kappa shape index (κ1) is 12.4. The standard InChI is InChI=1S/C11H15N3OS2/c1-12-6-7-17-9(12)5-4-8-10(15)14(3)11(16)13(8)2/h4-5H,6-7H2,1-3H3/b8-4-,9-5+. The second-order valence-electron chi connectivity index (χ2n) is 4.03. The highest BCUT2D eigenvalue weighted by Gasteiger charge is 2.32. The Morgan fingerprint density at radius 2 is 1.94 bits per heavy atom. The minimum atomic E-state index is -0.0417. The van der Waals surface area contributed by atoms with Crippen LogP contribution in [0.3, 0.4) is 0 Å². The lowest BCUT2D eigenvalue weighted by Gasteiger charge is -2.11. The Hall–Kier alpha value is -1.01. The largest absolute Gasteiger partial charge is 0.369 e. The molecule has 2 saturated heterocycles. The smallest absolute Gasteiger partial charge is 0.276 e. The molecule has 0 saturated carbocycles. The van der Waals surface area contributed by atoms with E-state index in [9.17, 15) is 4.79 Å². The van der Waals surface area contributed by atoms with Gasteiger partial charge in [-0.2, -0.15) is 0 Å². The minimum absolute atomic E-state index is 0.0417. The van der Waals surface area contributed by atoms with E-state index in [1.807, 2.05) is 19.2 Å². The summed E-state index contributed by atoms with van der Waals surface area (Å²) in [7, 11) is 5.58. The summed E-state index contributed by atoms with van der Waals surface area (Å²) >= 11 is 6.95. The fourth-order valence-electron chi connectivity index (χ4n) is 1.75. The molecule has 0 aromatic carbocycles. The Kier molecular flexibility index (Phi) is 3.44.